The molecule has 3 heteroatoms. The number of hydrogen-bond donors (Lipinski definition) is 0. The van der Waals surface area contributed by atoms with Gasteiger partial charge in [0.15, 0.2) is 0 Å². The van der Waals surface area contributed by atoms with Gasteiger partial charge in [-0.05, 0) is 37.3 Å². The standard InChI is InChI=1S/C26H24NPS/c1-4-13-22(14-5-1)28(23-15-6-2-7-16-23,24-17-8-3-9-18-24)27-26-20-21-12-10-11-19-25(21)29-26/h1-9,13-18,20H,10-12,19H2. The minimum absolute atomic E-state index is 1.18. The molecule has 29 heavy (non-hydrogen) atoms. The molecular formula is C26H24NPS. The fraction of sp³-hybridized carbons (Fsp3) is 0.154. The molecule has 0 aliphatic heterocycles. The van der Waals surface area contributed by atoms with Crippen LogP contribution in [0.25, 0.3) is 0 Å². The van der Waals surface area contributed by atoms with Gasteiger partial charge in [-0.3, -0.25) is 0 Å². The molecule has 4 aromatic rings. The molecule has 0 fully saturated rings. The van der Waals surface area contributed by atoms with E-state index in [2.05, 4.69) is 97.1 Å². The molecule has 0 atom stereocenters. The topological polar surface area (TPSA) is 12.4 Å². The fourth-order valence-electron chi connectivity index (χ4n) is 4.22. The van der Waals surface area contributed by atoms with Crippen molar-refractivity contribution in [3.05, 3.63) is 108 Å². The quantitative estimate of drug-likeness (QED) is 0.342. The highest BCUT2D eigenvalue weighted by Gasteiger charge is 2.28. The first-order chi connectivity index (χ1) is 14.4. The largest absolute Gasteiger partial charge is 0.243 e. The lowest BCUT2D eigenvalue weighted by atomic mass is 10.00. The van der Waals surface area contributed by atoms with Crippen molar-refractivity contribution in [1.29, 1.82) is 0 Å². The number of rotatable bonds is 4. The molecule has 1 aliphatic carbocycles. The molecule has 0 saturated carbocycles. The van der Waals surface area contributed by atoms with Gasteiger partial charge in [0.1, 0.15) is 5.00 Å². The highest BCUT2D eigenvalue weighted by atomic mass is 32.1. The Labute approximate surface area is 177 Å². The number of benzene rings is 3. The molecule has 1 aromatic heterocycles. The van der Waals surface area contributed by atoms with Gasteiger partial charge in [-0.25, -0.2) is 4.74 Å². The lowest BCUT2D eigenvalue weighted by Crippen LogP contribution is -2.25. The molecule has 1 heterocycles. The van der Waals surface area contributed by atoms with Crippen LogP contribution in [0.1, 0.15) is 23.3 Å². The zero-order chi connectivity index (χ0) is 19.5. The van der Waals surface area contributed by atoms with Gasteiger partial charge < -0.3 is 0 Å². The molecule has 0 bridgehead atoms. The monoisotopic (exact) mass is 413 g/mol. The summed E-state index contributed by atoms with van der Waals surface area (Å²) in [6.45, 7) is 0. The van der Waals surface area contributed by atoms with Crippen molar-refractivity contribution in [3.8, 4) is 0 Å². The summed E-state index contributed by atoms with van der Waals surface area (Å²) in [6, 6.07) is 35.0. The van der Waals surface area contributed by atoms with Gasteiger partial charge in [-0.2, -0.15) is 0 Å². The summed E-state index contributed by atoms with van der Waals surface area (Å²) in [5.74, 6) is 0. The van der Waals surface area contributed by atoms with Gasteiger partial charge in [-0.1, -0.05) is 91.0 Å². The van der Waals surface area contributed by atoms with Gasteiger partial charge in [0.25, 0.3) is 0 Å². The van der Waals surface area contributed by atoms with Crippen LogP contribution in [0.3, 0.4) is 0 Å². The predicted octanol–water partition coefficient (Wildman–Crippen LogP) is 6.44. The first kappa shape index (κ1) is 18.6. The minimum atomic E-state index is -2.15. The van der Waals surface area contributed by atoms with Crippen molar-refractivity contribution in [2.75, 3.05) is 0 Å². The molecule has 3 aromatic carbocycles. The second-order valence-corrected chi connectivity index (χ2v) is 11.6. The molecule has 0 radical (unpaired) electrons. The second-order valence-electron chi connectivity index (χ2n) is 7.48. The Morgan fingerprint density at radius 2 is 1.10 bits per heavy atom. The number of hydrogen-bond acceptors (Lipinski definition) is 2. The summed E-state index contributed by atoms with van der Waals surface area (Å²) in [5, 5.41) is 5.11. The molecule has 0 N–H and O–H groups in total. The molecule has 0 saturated heterocycles. The predicted molar refractivity (Wildman–Crippen MR) is 128 cm³/mol. The van der Waals surface area contributed by atoms with Crippen LogP contribution in [0.5, 0.6) is 0 Å². The Bertz CT molecular complexity index is 1020. The summed E-state index contributed by atoms with van der Waals surface area (Å²) < 4.78 is 5.64. The van der Waals surface area contributed by atoms with E-state index in [1.54, 1.807) is 4.88 Å². The smallest absolute Gasteiger partial charge is 0.116 e. The Morgan fingerprint density at radius 3 is 1.59 bits per heavy atom. The van der Waals surface area contributed by atoms with Crippen LogP contribution in [0.15, 0.2) is 102 Å². The Morgan fingerprint density at radius 1 is 0.621 bits per heavy atom. The van der Waals surface area contributed by atoms with Gasteiger partial charge in [-0.15, -0.1) is 11.3 Å². The lowest BCUT2D eigenvalue weighted by Gasteiger charge is -2.26. The summed E-state index contributed by atoms with van der Waals surface area (Å²) >= 11 is 1.91. The van der Waals surface area contributed by atoms with Crippen LogP contribution >= 0.6 is 18.4 Å². The SMILES string of the molecule is c1ccc(P(=Nc2cc3c(s2)CCCC3)(c2ccccc2)c2ccccc2)cc1. The highest BCUT2D eigenvalue weighted by Crippen LogP contribution is 2.51. The first-order valence-corrected chi connectivity index (χ1v) is 12.8. The zero-order valence-electron chi connectivity index (χ0n) is 16.4. The molecule has 0 amide bonds. The number of thiophene rings is 1. The van der Waals surface area contributed by atoms with E-state index < -0.39 is 7.05 Å². The highest BCUT2D eigenvalue weighted by molar-refractivity contribution is 7.87. The number of fused-ring (bicyclic) bond motifs is 1. The maximum Gasteiger partial charge on any atom is 0.116 e. The molecular weight excluding hydrogens is 389 g/mol. The Hall–Kier alpha value is -2.41. The van der Waals surface area contributed by atoms with E-state index in [1.807, 2.05) is 11.3 Å². The second kappa shape index (κ2) is 8.14. The van der Waals surface area contributed by atoms with Crippen molar-refractivity contribution in [3.63, 3.8) is 0 Å². The van der Waals surface area contributed by atoms with Crippen LogP contribution in [0.2, 0.25) is 0 Å². The summed E-state index contributed by atoms with van der Waals surface area (Å²) in [7, 11) is -2.15. The third-order valence-corrected chi connectivity index (χ3v) is 10.5. The van der Waals surface area contributed by atoms with Crippen LogP contribution in [0.4, 0.5) is 5.00 Å². The van der Waals surface area contributed by atoms with Crippen molar-refractivity contribution in [2.24, 2.45) is 4.74 Å². The van der Waals surface area contributed by atoms with E-state index >= 15 is 0 Å². The normalized spacial score (nSPS) is 13.7. The van der Waals surface area contributed by atoms with E-state index in [1.165, 1.54) is 52.2 Å². The van der Waals surface area contributed by atoms with E-state index in [0.29, 0.717) is 0 Å². The average Bonchev–Trinajstić information content (AvgIpc) is 3.22. The van der Waals surface area contributed by atoms with Crippen LogP contribution < -0.4 is 15.9 Å². The van der Waals surface area contributed by atoms with Crippen molar-refractivity contribution < 1.29 is 0 Å². The molecule has 1 aliphatic rings. The van der Waals surface area contributed by atoms with Gasteiger partial charge in [0.05, 0.1) is 7.05 Å². The fourth-order valence-corrected chi connectivity index (χ4v) is 9.15. The Kier molecular flexibility index (Phi) is 5.23. The third-order valence-electron chi connectivity index (χ3n) is 5.62. The average molecular weight is 414 g/mol. The van der Waals surface area contributed by atoms with E-state index in [-0.39, 0.29) is 0 Å². The van der Waals surface area contributed by atoms with Gasteiger partial charge in [0.2, 0.25) is 0 Å². The van der Waals surface area contributed by atoms with Crippen molar-refractivity contribution >= 4 is 39.3 Å². The Balaban J connectivity index is 1.84. The van der Waals surface area contributed by atoms with Crippen molar-refractivity contribution in [1.82, 2.24) is 0 Å². The van der Waals surface area contributed by atoms with E-state index in [4.69, 9.17) is 4.74 Å². The summed E-state index contributed by atoms with van der Waals surface area (Å²) in [5.41, 5.74) is 1.52. The minimum Gasteiger partial charge on any atom is -0.243 e. The molecule has 144 valence electrons. The zero-order valence-corrected chi connectivity index (χ0v) is 18.1. The number of nitrogens with zero attached hydrogens (tertiary/aromatic N) is 1. The first-order valence-electron chi connectivity index (χ1n) is 10.3. The van der Waals surface area contributed by atoms with Crippen molar-refractivity contribution in [2.45, 2.75) is 25.7 Å². The third kappa shape index (κ3) is 3.52. The maximum absolute atomic E-state index is 5.64. The molecule has 5 rings (SSSR count). The molecule has 1 nitrogen and oxygen atoms in total. The van der Waals surface area contributed by atoms with E-state index in [0.717, 1.165) is 0 Å². The van der Waals surface area contributed by atoms with Crippen LogP contribution in [-0.4, -0.2) is 0 Å². The number of aryl methyl sites for hydroxylation is 2. The maximum atomic E-state index is 5.64. The van der Waals surface area contributed by atoms with Gasteiger partial charge >= 0.3 is 0 Å². The lowest BCUT2D eigenvalue weighted by molar-refractivity contribution is 0.697. The van der Waals surface area contributed by atoms with Gasteiger partial charge in [0, 0.05) is 20.8 Å². The molecule has 0 unspecified atom stereocenters. The summed E-state index contributed by atoms with van der Waals surface area (Å²) in [4.78, 5) is 1.54. The van der Waals surface area contributed by atoms with E-state index in [9.17, 15) is 0 Å². The summed E-state index contributed by atoms with van der Waals surface area (Å²) in [6.07, 6.45) is 5.03. The van der Waals surface area contributed by atoms with Crippen LogP contribution in [-0.2, 0) is 12.8 Å². The molecule has 0 spiro atoms. The van der Waals surface area contributed by atoms with Crippen LogP contribution in [0, 0.1) is 0 Å².